The zero-order valence-corrected chi connectivity index (χ0v) is 11.9. The largest absolute Gasteiger partial charge is 0.388 e. The third-order valence-electron chi connectivity index (χ3n) is 2.83. The van der Waals surface area contributed by atoms with Gasteiger partial charge < -0.3 is 5.11 Å². The van der Waals surface area contributed by atoms with E-state index in [-0.39, 0.29) is 12.2 Å². The van der Waals surface area contributed by atoms with Crippen molar-refractivity contribution in [3.63, 3.8) is 0 Å². The fourth-order valence-corrected chi connectivity index (χ4v) is 2.38. The summed E-state index contributed by atoms with van der Waals surface area (Å²) in [4.78, 5) is 11.5. The van der Waals surface area contributed by atoms with Crippen LogP contribution in [0.2, 0.25) is 0 Å². The van der Waals surface area contributed by atoms with Crippen LogP contribution >= 0.6 is 22.6 Å². The van der Waals surface area contributed by atoms with Crippen molar-refractivity contribution in [2.24, 2.45) is 0 Å². The topological polar surface area (TPSA) is 37.3 Å². The van der Waals surface area contributed by atoms with E-state index in [2.05, 4.69) is 0 Å². The number of rotatable bonds is 4. The average molecular weight is 352 g/mol. The smallest absolute Gasteiger partial charge is 0.159 e. The van der Waals surface area contributed by atoms with Crippen molar-refractivity contribution >= 4 is 39.1 Å². The molecule has 0 aliphatic carbocycles. The molecule has 0 heterocycles. The molecule has 0 spiro atoms. The van der Waals surface area contributed by atoms with E-state index in [0.717, 1.165) is 16.3 Å². The maximum Gasteiger partial charge on any atom is 0.159 e. The van der Waals surface area contributed by atoms with Gasteiger partial charge in [-0.3, -0.25) is 4.79 Å². The first-order chi connectivity index (χ1) is 8.72. The fraction of sp³-hybridized carbons (Fsp3) is 0.133. The van der Waals surface area contributed by atoms with Gasteiger partial charge in [-0.05, 0) is 26.5 Å². The van der Waals surface area contributed by atoms with Crippen LogP contribution in [0.15, 0.2) is 52.6 Å². The number of aliphatic hydroxyl groups excluding tert-OH is 1. The van der Waals surface area contributed by atoms with E-state index >= 15 is 0 Å². The van der Waals surface area contributed by atoms with Gasteiger partial charge in [-0.25, -0.2) is 0 Å². The van der Waals surface area contributed by atoms with E-state index in [1.807, 2.05) is 65.1 Å². The summed E-state index contributed by atoms with van der Waals surface area (Å²) in [5.74, 6) is -0.0650. The molecule has 2 nitrogen and oxygen atoms in total. The van der Waals surface area contributed by atoms with Gasteiger partial charge in [0.15, 0.2) is 5.78 Å². The molecule has 18 heavy (non-hydrogen) atoms. The number of ketones is 1. The Morgan fingerprint density at radius 1 is 1.22 bits per heavy atom. The lowest BCUT2D eigenvalue weighted by Gasteiger charge is -2.12. The van der Waals surface area contributed by atoms with Crippen LogP contribution in [-0.4, -0.2) is 10.9 Å². The summed E-state index contributed by atoms with van der Waals surface area (Å²) < 4.78 is 1.66. The van der Waals surface area contributed by atoms with Crippen LogP contribution in [0.5, 0.6) is 0 Å². The molecule has 92 valence electrons. The molecule has 0 fully saturated rings. The minimum Gasteiger partial charge on any atom is -0.388 e. The molecule has 0 amide bonds. The molecule has 0 aromatic heterocycles. The Morgan fingerprint density at radius 2 is 1.94 bits per heavy atom. The fourth-order valence-electron chi connectivity index (χ4n) is 1.98. The number of carbonyl (C=O) groups is 1. The number of benzene rings is 2. The molecule has 2 aromatic rings. The first kappa shape index (κ1) is 13.2. The van der Waals surface area contributed by atoms with Gasteiger partial charge in [-0.15, -0.1) is 0 Å². The maximum atomic E-state index is 11.5. The highest BCUT2D eigenvalue weighted by Gasteiger charge is 2.13. The highest BCUT2D eigenvalue weighted by atomic mass is 127. The molecule has 0 radical (unpaired) electrons. The van der Waals surface area contributed by atoms with Gasteiger partial charge in [0, 0.05) is 6.42 Å². The lowest BCUT2D eigenvalue weighted by Crippen LogP contribution is -2.04. The zero-order valence-electron chi connectivity index (χ0n) is 9.71. The van der Waals surface area contributed by atoms with E-state index in [1.165, 1.54) is 6.08 Å². The van der Waals surface area contributed by atoms with Crippen molar-refractivity contribution in [2.75, 3.05) is 0 Å². The van der Waals surface area contributed by atoms with Crippen LogP contribution in [0.25, 0.3) is 10.8 Å². The normalized spacial score (nSPS) is 13.0. The second-order valence-electron chi connectivity index (χ2n) is 4.05. The van der Waals surface area contributed by atoms with Crippen LogP contribution in [0.3, 0.4) is 0 Å². The van der Waals surface area contributed by atoms with Gasteiger partial charge in [0.1, 0.15) is 0 Å². The minimum absolute atomic E-state index is 0.0650. The van der Waals surface area contributed by atoms with Crippen LogP contribution < -0.4 is 0 Å². The standard InChI is InChI=1S/C15H13IO2/c16-9-8-12(17)10-15(18)14-7-3-5-11-4-1-2-6-13(11)14/h1-9,15,18H,10H2/b9-8+. The lowest BCUT2D eigenvalue weighted by atomic mass is 9.97. The van der Waals surface area contributed by atoms with E-state index < -0.39 is 6.10 Å². The molecule has 0 saturated carbocycles. The van der Waals surface area contributed by atoms with Crippen molar-refractivity contribution in [2.45, 2.75) is 12.5 Å². The zero-order chi connectivity index (χ0) is 13.0. The summed E-state index contributed by atoms with van der Waals surface area (Å²) in [5.41, 5.74) is 0.809. The minimum atomic E-state index is -0.754. The Morgan fingerprint density at radius 3 is 2.72 bits per heavy atom. The van der Waals surface area contributed by atoms with Crippen molar-refractivity contribution in [3.8, 4) is 0 Å². The Labute approximate surface area is 119 Å². The van der Waals surface area contributed by atoms with E-state index in [1.54, 1.807) is 4.08 Å². The molecule has 0 bridgehead atoms. The number of hydrogen-bond acceptors (Lipinski definition) is 2. The number of carbonyl (C=O) groups excluding carboxylic acids is 1. The summed E-state index contributed by atoms with van der Waals surface area (Å²) >= 11 is 2.00. The third-order valence-corrected chi connectivity index (χ3v) is 3.19. The van der Waals surface area contributed by atoms with Crippen LogP contribution in [0.1, 0.15) is 18.1 Å². The number of fused-ring (bicyclic) bond motifs is 1. The van der Waals surface area contributed by atoms with Crippen molar-refractivity contribution in [1.29, 1.82) is 0 Å². The molecule has 2 rings (SSSR count). The summed E-state index contributed by atoms with van der Waals surface area (Å²) in [6, 6.07) is 13.6. The number of allylic oxidation sites excluding steroid dienone is 1. The highest BCUT2D eigenvalue weighted by Crippen LogP contribution is 2.26. The summed E-state index contributed by atoms with van der Waals surface area (Å²) in [5, 5.41) is 12.2. The number of aliphatic hydroxyl groups is 1. The van der Waals surface area contributed by atoms with Crippen molar-refractivity contribution in [3.05, 3.63) is 58.2 Å². The molecule has 0 aliphatic rings. The van der Waals surface area contributed by atoms with Gasteiger partial charge in [0.2, 0.25) is 0 Å². The van der Waals surface area contributed by atoms with Crippen molar-refractivity contribution in [1.82, 2.24) is 0 Å². The highest BCUT2D eigenvalue weighted by molar-refractivity contribution is 14.1. The Hall–Kier alpha value is -1.20. The van der Waals surface area contributed by atoms with Gasteiger partial charge in [0.25, 0.3) is 0 Å². The Bertz CT molecular complexity index is 585. The van der Waals surface area contributed by atoms with E-state index in [0.29, 0.717) is 0 Å². The molecular formula is C15H13IO2. The summed E-state index contributed by atoms with van der Waals surface area (Å²) in [7, 11) is 0. The van der Waals surface area contributed by atoms with Crippen LogP contribution in [0, 0.1) is 0 Å². The third kappa shape index (κ3) is 2.97. The molecule has 1 N–H and O–H groups in total. The monoisotopic (exact) mass is 352 g/mol. The second-order valence-corrected chi connectivity index (χ2v) is 4.77. The number of halogens is 1. The number of hydrogen-bond donors (Lipinski definition) is 1. The predicted molar refractivity (Wildman–Crippen MR) is 81.7 cm³/mol. The molecule has 2 aromatic carbocycles. The molecular weight excluding hydrogens is 339 g/mol. The second kappa shape index (κ2) is 6.11. The summed E-state index contributed by atoms with van der Waals surface area (Å²) in [6.45, 7) is 0. The van der Waals surface area contributed by atoms with Gasteiger partial charge in [-0.1, -0.05) is 65.1 Å². The lowest BCUT2D eigenvalue weighted by molar-refractivity contribution is -0.116. The molecule has 1 unspecified atom stereocenters. The predicted octanol–water partition coefficient (Wildman–Crippen LogP) is 3.78. The van der Waals surface area contributed by atoms with Crippen molar-refractivity contribution < 1.29 is 9.90 Å². The Kier molecular flexibility index (Phi) is 4.49. The molecule has 1 atom stereocenters. The van der Waals surface area contributed by atoms with Crippen LogP contribution in [-0.2, 0) is 4.79 Å². The SMILES string of the molecule is O=C(/C=C/I)CC(O)c1cccc2ccccc12. The van der Waals surface area contributed by atoms with Gasteiger partial charge in [0.05, 0.1) is 6.10 Å². The first-order valence-corrected chi connectivity index (χ1v) is 6.92. The molecule has 0 saturated heterocycles. The first-order valence-electron chi connectivity index (χ1n) is 5.67. The van der Waals surface area contributed by atoms with E-state index in [9.17, 15) is 9.90 Å². The molecule has 0 aliphatic heterocycles. The quantitative estimate of drug-likeness (QED) is 0.672. The van der Waals surface area contributed by atoms with Crippen LogP contribution in [0.4, 0.5) is 0 Å². The van der Waals surface area contributed by atoms with Gasteiger partial charge in [-0.2, -0.15) is 0 Å². The maximum absolute atomic E-state index is 11.5. The van der Waals surface area contributed by atoms with E-state index in [4.69, 9.17) is 0 Å². The average Bonchev–Trinajstić information content (AvgIpc) is 2.38. The Balaban J connectivity index is 2.33. The summed E-state index contributed by atoms with van der Waals surface area (Å²) in [6.07, 6.45) is 0.846. The molecule has 3 heteroatoms. The van der Waals surface area contributed by atoms with Gasteiger partial charge >= 0.3 is 0 Å².